The third-order valence-corrected chi connectivity index (χ3v) is 4.79. The first-order valence-corrected chi connectivity index (χ1v) is 8.15. The predicted molar refractivity (Wildman–Crippen MR) is 78.5 cm³/mol. The zero-order valence-corrected chi connectivity index (χ0v) is 12.3. The molecule has 0 amide bonds. The molecule has 3 aliphatic rings. The molecule has 0 saturated carbocycles. The van der Waals surface area contributed by atoms with E-state index in [2.05, 4.69) is 29.3 Å². The molecule has 0 radical (unpaired) electrons. The van der Waals surface area contributed by atoms with Gasteiger partial charge < -0.3 is 9.47 Å². The second-order valence-corrected chi connectivity index (χ2v) is 6.21. The summed E-state index contributed by atoms with van der Waals surface area (Å²) in [6.45, 7) is 1.81. The van der Waals surface area contributed by atoms with Crippen molar-refractivity contribution in [3.05, 3.63) is 35.9 Å². The van der Waals surface area contributed by atoms with Crippen LogP contribution in [0, 0.1) is 0 Å². The highest BCUT2D eigenvalue weighted by molar-refractivity contribution is 5.19. The Morgan fingerprint density at radius 2 is 2.00 bits per heavy atom. The highest BCUT2D eigenvalue weighted by Gasteiger charge is 2.45. The molecule has 0 aromatic heterocycles. The first-order chi connectivity index (χ1) is 10.4. The Morgan fingerprint density at radius 1 is 1.10 bits per heavy atom. The lowest BCUT2D eigenvalue weighted by atomic mass is 10.0. The van der Waals surface area contributed by atoms with Crippen LogP contribution in [0.5, 0.6) is 0 Å². The van der Waals surface area contributed by atoms with Crippen LogP contribution in [0.3, 0.4) is 0 Å². The Hall–Kier alpha value is -0.940. The van der Waals surface area contributed by atoms with E-state index in [1.165, 1.54) is 18.4 Å². The lowest BCUT2D eigenvalue weighted by Gasteiger charge is -2.28. The number of rotatable bonds is 3. The summed E-state index contributed by atoms with van der Waals surface area (Å²) in [5.74, 6) is 0. The summed E-state index contributed by atoms with van der Waals surface area (Å²) in [6.07, 6.45) is 5.91. The highest BCUT2D eigenvalue weighted by atomic mass is 16.7. The van der Waals surface area contributed by atoms with E-state index in [0.717, 1.165) is 32.4 Å². The van der Waals surface area contributed by atoms with Crippen molar-refractivity contribution < 1.29 is 14.3 Å². The molecule has 4 heteroatoms. The van der Waals surface area contributed by atoms with Crippen molar-refractivity contribution in [3.63, 3.8) is 0 Å². The number of hydroxylamine groups is 2. The highest BCUT2D eigenvalue weighted by Crippen LogP contribution is 2.40. The Bertz CT molecular complexity index is 460. The molecule has 3 aliphatic heterocycles. The molecule has 1 aromatic carbocycles. The Balaban J connectivity index is 1.39. The quantitative estimate of drug-likeness (QED) is 0.856. The molecule has 4 atom stereocenters. The molecule has 114 valence electrons. The van der Waals surface area contributed by atoms with E-state index >= 15 is 0 Å². The van der Waals surface area contributed by atoms with Crippen LogP contribution in [0.4, 0.5) is 0 Å². The number of ether oxygens (including phenoxy) is 2. The SMILES string of the molecule is c1ccc([C@@H]2C[C@@H]3[C@@H](OC4CCCCO4)CCN3O2)cc1. The summed E-state index contributed by atoms with van der Waals surface area (Å²) in [7, 11) is 0. The van der Waals surface area contributed by atoms with Crippen LogP contribution in [0.25, 0.3) is 0 Å². The molecular formula is C17H23NO3. The van der Waals surface area contributed by atoms with Crippen molar-refractivity contribution in [3.8, 4) is 0 Å². The predicted octanol–water partition coefficient (Wildman–Crippen LogP) is 3.05. The van der Waals surface area contributed by atoms with Gasteiger partial charge in [-0.25, -0.2) is 0 Å². The van der Waals surface area contributed by atoms with Gasteiger partial charge in [0.15, 0.2) is 6.29 Å². The largest absolute Gasteiger partial charge is 0.353 e. The zero-order chi connectivity index (χ0) is 14.1. The molecule has 3 heterocycles. The van der Waals surface area contributed by atoms with E-state index in [1.54, 1.807) is 0 Å². The normalized spacial score (nSPS) is 36.8. The molecule has 3 saturated heterocycles. The zero-order valence-electron chi connectivity index (χ0n) is 12.3. The minimum absolute atomic E-state index is 0.000486. The number of benzene rings is 1. The van der Waals surface area contributed by atoms with Crippen molar-refractivity contribution in [1.29, 1.82) is 0 Å². The molecule has 1 unspecified atom stereocenters. The van der Waals surface area contributed by atoms with Crippen LogP contribution in [-0.4, -0.2) is 36.7 Å². The maximum Gasteiger partial charge on any atom is 0.158 e. The average Bonchev–Trinajstić information content (AvgIpc) is 3.11. The monoisotopic (exact) mass is 289 g/mol. The van der Waals surface area contributed by atoms with Gasteiger partial charge in [-0.3, -0.25) is 4.84 Å². The van der Waals surface area contributed by atoms with Gasteiger partial charge in [0.25, 0.3) is 0 Å². The van der Waals surface area contributed by atoms with Crippen molar-refractivity contribution in [2.75, 3.05) is 13.2 Å². The number of hydrogen-bond acceptors (Lipinski definition) is 4. The fraction of sp³-hybridized carbons (Fsp3) is 0.647. The van der Waals surface area contributed by atoms with E-state index in [4.69, 9.17) is 14.3 Å². The number of hydrogen-bond donors (Lipinski definition) is 0. The van der Waals surface area contributed by atoms with Crippen molar-refractivity contribution in [2.45, 2.75) is 56.6 Å². The Morgan fingerprint density at radius 3 is 2.81 bits per heavy atom. The molecular weight excluding hydrogens is 266 g/mol. The summed E-state index contributed by atoms with van der Waals surface area (Å²) < 4.78 is 11.9. The van der Waals surface area contributed by atoms with Crippen LogP contribution < -0.4 is 0 Å². The second-order valence-electron chi connectivity index (χ2n) is 6.21. The van der Waals surface area contributed by atoms with Crippen molar-refractivity contribution >= 4 is 0 Å². The Labute approximate surface area is 125 Å². The van der Waals surface area contributed by atoms with Crippen LogP contribution >= 0.6 is 0 Å². The summed E-state index contributed by atoms with van der Waals surface area (Å²) in [6, 6.07) is 10.9. The van der Waals surface area contributed by atoms with Gasteiger partial charge in [-0.1, -0.05) is 30.3 Å². The fourth-order valence-corrected chi connectivity index (χ4v) is 3.66. The molecule has 3 fully saturated rings. The number of fused-ring (bicyclic) bond motifs is 1. The minimum atomic E-state index is -0.000486. The number of nitrogens with zero attached hydrogens (tertiary/aromatic N) is 1. The van der Waals surface area contributed by atoms with Gasteiger partial charge in [-0.2, -0.15) is 5.06 Å². The first kappa shape index (κ1) is 13.7. The Kier molecular flexibility index (Phi) is 3.95. The van der Waals surface area contributed by atoms with Gasteiger partial charge in [-0.15, -0.1) is 0 Å². The molecule has 0 bridgehead atoms. The van der Waals surface area contributed by atoms with E-state index in [-0.39, 0.29) is 18.5 Å². The lowest BCUT2D eigenvalue weighted by Crippen LogP contribution is -2.35. The van der Waals surface area contributed by atoms with Gasteiger partial charge in [0.2, 0.25) is 0 Å². The molecule has 4 rings (SSSR count). The lowest BCUT2D eigenvalue weighted by molar-refractivity contribution is -0.200. The maximum absolute atomic E-state index is 6.21. The van der Waals surface area contributed by atoms with E-state index < -0.39 is 0 Å². The van der Waals surface area contributed by atoms with Crippen LogP contribution in [0.1, 0.15) is 43.8 Å². The van der Waals surface area contributed by atoms with Gasteiger partial charge in [0, 0.05) is 19.6 Å². The van der Waals surface area contributed by atoms with E-state index in [9.17, 15) is 0 Å². The first-order valence-electron chi connectivity index (χ1n) is 8.15. The third kappa shape index (κ3) is 2.86. The summed E-state index contributed by atoms with van der Waals surface area (Å²) in [5.41, 5.74) is 1.26. The van der Waals surface area contributed by atoms with Crippen molar-refractivity contribution in [2.24, 2.45) is 0 Å². The van der Waals surface area contributed by atoms with Gasteiger partial charge >= 0.3 is 0 Å². The molecule has 4 nitrogen and oxygen atoms in total. The second kappa shape index (κ2) is 6.05. The van der Waals surface area contributed by atoms with Crippen LogP contribution in [0.15, 0.2) is 30.3 Å². The van der Waals surface area contributed by atoms with Gasteiger partial charge in [0.05, 0.1) is 12.1 Å². The average molecular weight is 289 g/mol. The standard InChI is InChI=1S/C17H23NO3/c1-2-6-13(7-3-1)16-12-14-15(9-10-18(14)21-16)20-17-8-4-5-11-19-17/h1-3,6-7,14-17H,4-5,8-12H2/t14-,15+,16+,17?/m1/s1. The minimum Gasteiger partial charge on any atom is -0.353 e. The molecule has 1 aromatic rings. The maximum atomic E-state index is 6.21. The third-order valence-electron chi connectivity index (χ3n) is 4.79. The summed E-state index contributed by atoms with van der Waals surface area (Å²) in [4.78, 5) is 6.10. The van der Waals surface area contributed by atoms with E-state index in [0.29, 0.717) is 6.04 Å². The van der Waals surface area contributed by atoms with Crippen LogP contribution in [0.2, 0.25) is 0 Å². The smallest absolute Gasteiger partial charge is 0.158 e. The summed E-state index contributed by atoms with van der Waals surface area (Å²) >= 11 is 0. The summed E-state index contributed by atoms with van der Waals surface area (Å²) in [5, 5.41) is 2.13. The molecule has 0 spiro atoms. The van der Waals surface area contributed by atoms with E-state index in [1.807, 2.05) is 6.07 Å². The molecule has 0 N–H and O–H groups in total. The van der Waals surface area contributed by atoms with Crippen molar-refractivity contribution in [1.82, 2.24) is 5.06 Å². The molecule has 21 heavy (non-hydrogen) atoms. The van der Waals surface area contributed by atoms with Crippen LogP contribution in [-0.2, 0) is 14.3 Å². The van der Waals surface area contributed by atoms with Gasteiger partial charge in [0.1, 0.15) is 6.10 Å². The topological polar surface area (TPSA) is 30.9 Å². The van der Waals surface area contributed by atoms with Gasteiger partial charge in [-0.05, 0) is 31.2 Å². The fourth-order valence-electron chi connectivity index (χ4n) is 3.66. The molecule has 0 aliphatic carbocycles.